The highest BCUT2D eigenvalue weighted by molar-refractivity contribution is 6.62. The summed E-state index contributed by atoms with van der Waals surface area (Å²) in [6.45, 7) is 10.1. The van der Waals surface area contributed by atoms with E-state index in [0.29, 0.717) is 13.0 Å². The molecular weight excluding hydrogens is 347 g/mol. The Labute approximate surface area is 161 Å². The minimum atomic E-state index is -0.791. The van der Waals surface area contributed by atoms with Crippen LogP contribution in [-0.4, -0.2) is 49.4 Å². The van der Waals surface area contributed by atoms with Crippen LogP contribution in [0.25, 0.3) is 0 Å². The molecule has 0 radical (unpaired) electrons. The van der Waals surface area contributed by atoms with Crippen LogP contribution in [0.15, 0.2) is 24.3 Å². The second-order valence-corrected chi connectivity index (χ2v) is 7.69. The Morgan fingerprint density at radius 1 is 1.15 bits per heavy atom. The highest BCUT2D eigenvalue weighted by Gasteiger charge is 2.51. The third-order valence-electron chi connectivity index (χ3n) is 5.06. The summed E-state index contributed by atoms with van der Waals surface area (Å²) in [6, 6.07) is 6.77. The zero-order valence-electron chi connectivity index (χ0n) is 16.7. The van der Waals surface area contributed by atoms with Gasteiger partial charge in [0.05, 0.1) is 11.2 Å². The van der Waals surface area contributed by atoms with E-state index < -0.39 is 30.3 Å². The van der Waals surface area contributed by atoms with Crippen LogP contribution in [0.4, 0.5) is 0 Å². The summed E-state index contributed by atoms with van der Waals surface area (Å²) >= 11 is 0. The number of ether oxygens (including phenoxy) is 1. The van der Waals surface area contributed by atoms with Gasteiger partial charge in [-0.3, -0.25) is 9.59 Å². The monoisotopic (exact) mass is 376 g/mol. The molecule has 0 bridgehead atoms. The molecule has 1 aliphatic heterocycles. The number of carbonyl (C=O) groups excluding carboxylic acids is 2. The fraction of sp³-hybridized carbons (Fsp3) is 0.579. The second-order valence-electron chi connectivity index (χ2n) is 7.69. The SMILES string of the molecule is CCOCC(=O)N[C@H](Cc1ccc(B2OC(C)(C)C(C)(C)O2)cc1)C(N)=O. The van der Waals surface area contributed by atoms with Crippen LogP contribution < -0.4 is 16.5 Å². The van der Waals surface area contributed by atoms with Crippen LogP contribution >= 0.6 is 0 Å². The lowest BCUT2D eigenvalue weighted by atomic mass is 9.78. The molecule has 8 heteroatoms. The number of hydrogen-bond donors (Lipinski definition) is 2. The lowest BCUT2D eigenvalue weighted by Crippen LogP contribution is -2.47. The van der Waals surface area contributed by atoms with Crippen molar-refractivity contribution >= 4 is 24.4 Å². The van der Waals surface area contributed by atoms with Gasteiger partial charge in [0.15, 0.2) is 0 Å². The molecule has 0 unspecified atom stereocenters. The zero-order valence-corrected chi connectivity index (χ0v) is 16.7. The van der Waals surface area contributed by atoms with Gasteiger partial charge in [-0.1, -0.05) is 24.3 Å². The second kappa shape index (κ2) is 8.41. The fourth-order valence-corrected chi connectivity index (χ4v) is 2.68. The number of hydrogen-bond acceptors (Lipinski definition) is 5. The fourth-order valence-electron chi connectivity index (χ4n) is 2.68. The van der Waals surface area contributed by atoms with Gasteiger partial charge in [-0.05, 0) is 45.6 Å². The maximum absolute atomic E-state index is 11.8. The van der Waals surface area contributed by atoms with E-state index in [2.05, 4.69) is 5.32 Å². The summed E-state index contributed by atoms with van der Waals surface area (Å²) in [4.78, 5) is 23.4. The van der Waals surface area contributed by atoms with Crippen LogP contribution in [-0.2, 0) is 30.1 Å². The Bertz CT molecular complexity index is 659. The molecule has 7 nitrogen and oxygen atoms in total. The Morgan fingerprint density at radius 3 is 2.19 bits per heavy atom. The maximum atomic E-state index is 11.8. The first kappa shape index (κ1) is 21.4. The first-order valence-corrected chi connectivity index (χ1v) is 9.16. The van der Waals surface area contributed by atoms with Gasteiger partial charge in [0, 0.05) is 13.0 Å². The molecule has 0 aromatic heterocycles. The van der Waals surface area contributed by atoms with E-state index >= 15 is 0 Å². The van der Waals surface area contributed by atoms with Gasteiger partial charge >= 0.3 is 7.12 Å². The first-order valence-electron chi connectivity index (χ1n) is 9.16. The van der Waals surface area contributed by atoms with Crippen molar-refractivity contribution in [2.75, 3.05) is 13.2 Å². The normalized spacial score (nSPS) is 18.9. The van der Waals surface area contributed by atoms with Gasteiger partial charge in [0.2, 0.25) is 11.8 Å². The predicted octanol–water partition coefficient (Wildman–Crippen LogP) is 0.535. The Balaban J connectivity index is 2.02. The highest BCUT2D eigenvalue weighted by atomic mass is 16.7. The van der Waals surface area contributed by atoms with Gasteiger partial charge < -0.3 is 25.1 Å². The molecule has 0 spiro atoms. The Kier molecular flexibility index (Phi) is 6.67. The molecule has 3 N–H and O–H groups in total. The molecule has 0 saturated carbocycles. The largest absolute Gasteiger partial charge is 0.494 e. The highest BCUT2D eigenvalue weighted by Crippen LogP contribution is 2.36. The first-order chi connectivity index (χ1) is 12.6. The molecule has 1 aromatic carbocycles. The number of nitrogens with two attached hydrogens (primary N) is 1. The van der Waals surface area contributed by atoms with E-state index in [1.807, 2.05) is 52.0 Å². The molecule has 1 fully saturated rings. The number of rotatable bonds is 8. The van der Waals surface area contributed by atoms with Crippen molar-refractivity contribution < 1.29 is 23.6 Å². The molecule has 1 aliphatic rings. The molecule has 1 aromatic rings. The summed E-state index contributed by atoms with van der Waals surface area (Å²) in [5, 5.41) is 2.60. The maximum Gasteiger partial charge on any atom is 0.494 e. The quantitative estimate of drug-likeness (QED) is 0.645. The van der Waals surface area contributed by atoms with Gasteiger partial charge in [-0.25, -0.2) is 0 Å². The Morgan fingerprint density at radius 2 is 1.70 bits per heavy atom. The van der Waals surface area contributed by atoms with Gasteiger partial charge in [-0.2, -0.15) is 0 Å². The van der Waals surface area contributed by atoms with Crippen molar-refractivity contribution in [2.45, 2.75) is 58.3 Å². The summed E-state index contributed by atoms with van der Waals surface area (Å²) in [5.41, 5.74) is 6.37. The van der Waals surface area contributed by atoms with Crippen molar-refractivity contribution in [3.05, 3.63) is 29.8 Å². The third-order valence-corrected chi connectivity index (χ3v) is 5.06. The summed E-state index contributed by atoms with van der Waals surface area (Å²) in [7, 11) is -0.443. The molecule has 0 aliphatic carbocycles. The van der Waals surface area contributed by atoms with Crippen LogP contribution in [0.3, 0.4) is 0 Å². The minimum Gasteiger partial charge on any atom is -0.399 e. The number of benzene rings is 1. The van der Waals surface area contributed by atoms with Crippen molar-refractivity contribution in [1.29, 1.82) is 0 Å². The number of carbonyl (C=O) groups is 2. The summed E-state index contributed by atoms with van der Waals surface area (Å²) in [5.74, 6) is -0.954. The van der Waals surface area contributed by atoms with Crippen LogP contribution in [0.2, 0.25) is 0 Å². The van der Waals surface area contributed by atoms with Crippen molar-refractivity contribution in [3.63, 3.8) is 0 Å². The van der Waals surface area contributed by atoms with Gasteiger partial charge in [0.1, 0.15) is 12.6 Å². The lowest BCUT2D eigenvalue weighted by molar-refractivity contribution is -0.130. The van der Waals surface area contributed by atoms with E-state index in [1.54, 1.807) is 6.92 Å². The average Bonchev–Trinajstić information content (AvgIpc) is 2.80. The van der Waals surface area contributed by atoms with Crippen LogP contribution in [0.1, 0.15) is 40.2 Å². The van der Waals surface area contributed by atoms with Crippen LogP contribution in [0.5, 0.6) is 0 Å². The molecule has 148 valence electrons. The molecule has 27 heavy (non-hydrogen) atoms. The van der Waals surface area contributed by atoms with Crippen molar-refractivity contribution in [3.8, 4) is 0 Å². The summed E-state index contributed by atoms with van der Waals surface area (Å²) in [6.07, 6.45) is 0.302. The summed E-state index contributed by atoms with van der Waals surface area (Å²) < 4.78 is 17.1. The molecular formula is C19H29BN2O5. The zero-order chi connectivity index (χ0) is 20.2. The van der Waals surface area contributed by atoms with E-state index in [9.17, 15) is 9.59 Å². The lowest BCUT2D eigenvalue weighted by Gasteiger charge is -2.32. The molecule has 1 saturated heterocycles. The van der Waals surface area contributed by atoms with Crippen molar-refractivity contribution in [1.82, 2.24) is 5.32 Å². The van der Waals surface area contributed by atoms with Crippen molar-refractivity contribution in [2.24, 2.45) is 5.73 Å². The number of nitrogens with one attached hydrogen (secondary N) is 1. The molecule has 2 rings (SSSR count). The Hall–Kier alpha value is -1.90. The van der Waals surface area contributed by atoms with E-state index in [4.69, 9.17) is 19.8 Å². The third kappa shape index (κ3) is 5.31. The minimum absolute atomic E-state index is 0.0961. The average molecular weight is 376 g/mol. The van der Waals surface area contributed by atoms with Gasteiger partial charge in [-0.15, -0.1) is 0 Å². The smallest absolute Gasteiger partial charge is 0.399 e. The molecule has 1 atom stereocenters. The van der Waals surface area contributed by atoms with E-state index in [0.717, 1.165) is 11.0 Å². The predicted molar refractivity (Wildman–Crippen MR) is 103 cm³/mol. The van der Waals surface area contributed by atoms with Gasteiger partial charge in [0.25, 0.3) is 0 Å². The van der Waals surface area contributed by atoms with E-state index in [1.165, 1.54) is 0 Å². The number of amides is 2. The standard InChI is InChI=1S/C19H29BN2O5/c1-6-25-12-16(23)22-15(17(21)24)11-13-7-9-14(10-8-13)20-26-18(2,3)19(4,5)27-20/h7-10,15H,6,11-12H2,1-5H3,(H2,21,24)(H,22,23)/t15-/m1/s1. The number of primary amides is 1. The molecule has 1 heterocycles. The van der Waals surface area contributed by atoms with E-state index in [-0.39, 0.29) is 12.5 Å². The molecule has 2 amide bonds. The van der Waals surface area contributed by atoms with Crippen LogP contribution in [0, 0.1) is 0 Å². The topological polar surface area (TPSA) is 99.9 Å².